The summed E-state index contributed by atoms with van der Waals surface area (Å²) in [5.74, 6) is -0.102. The monoisotopic (exact) mass is 399 g/mol. The molecule has 5 heteroatoms. The van der Waals surface area contributed by atoms with Gasteiger partial charge in [0.05, 0.1) is 5.69 Å². The quantitative estimate of drug-likeness (QED) is 0.347. The molecule has 2 aliphatic rings. The van der Waals surface area contributed by atoms with E-state index in [1.807, 2.05) is 24.3 Å². The first-order valence-corrected chi connectivity index (χ1v) is 10.3. The van der Waals surface area contributed by atoms with Crippen LogP contribution in [0.5, 0.6) is 5.75 Å². The fraction of sp³-hybridized carbons (Fsp3) is 0.240. The summed E-state index contributed by atoms with van der Waals surface area (Å²) in [5.41, 5.74) is 1.47. The average Bonchev–Trinajstić information content (AvgIpc) is 3.26. The number of carbonyl (C=O) groups excluding carboxylic acids is 3. The van der Waals surface area contributed by atoms with Gasteiger partial charge in [-0.3, -0.25) is 14.4 Å². The molecule has 0 bridgehead atoms. The molecule has 0 unspecified atom stereocenters. The average molecular weight is 399 g/mol. The molecule has 0 N–H and O–H groups in total. The van der Waals surface area contributed by atoms with Gasteiger partial charge in [-0.1, -0.05) is 37.1 Å². The van der Waals surface area contributed by atoms with Crippen molar-refractivity contribution >= 4 is 34.2 Å². The van der Waals surface area contributed by atoms with E-state index in [1.165, 1.54) is 17.7 Å². The van der Waals surface area contributed by atoms with Crippen molar-refractivity contribution in [1.82, 2.24) is 0 Å². The molecule has 30 heavy (non-hydrogen) atoms. The highest BCUT2D eigenvalue weighted by molar-refractivity contribution is 6.35. The third-order valence-corrected chi connectivity index (χ3v) is 6.03. The number of hydrogen-bond donors (Lipinski definition) is 0. The van der Waals surface area contributed by atoms with Gasteiger partial charge in [0.1, 0.15) is 5.75 Å². The molecule has 0 atom stereocenters. The van der Waals surface area contributed by atoms with Gasteiger partial charge < -0.3 is 4.74 Å². The van der Waals surface area contributed by atoms with Crippen molar-refractivity contribution in [2.75, 3.05) is 4.90 Å². The molecule has 1 aliphatic heterocycles. The Hall–Kier alpha value is -3.47. The summed E-state index contributed by atoms with van der Waals surface area (Å²) in [6.07, 6.45) is 4.97. The molecule has 1 aliphatic carbocycles. The smallest absolute Gasteiger partial charge is 0.311 e. The van der Waals surface area contributed by atoms with Gasteiger partial charge in [-0.2, -0.15) is 0 Å². The fourth-order valence-corrected chi connectivity index (χ4v) is 4.55. The zero-order valence-corrected chi connectivity index (χ0v) is 16.5. The van der Waals surface area contributed by atoms with Crippen LogP contribution in [0.3, 0.4) is 0 Å². The van der Waals surface area contributed by atoms with Gasteiger partial charge in [-0.05, 0) is 60.5 Å². The molecule has 0 spiro atoms. The number of benzene rings is 3. The van der Waals surface area contributed by atoms with Crippen molar-refractivity contribution in [2.24, 2.45) is 5.92 Å². The molecule has 5 nitrogen and oxygen atoms in total. The van der Waals surface area contributed by atoms with Crippen LogP contribution < -0.4 is 9.64 Å². The van der Waals surface area contributed by atoms with Crippen LogP contribution in [-0.4, -0.2) is 17.8 Å². The second kappa shape index (κ2) is 7.41. The van der Waals surface area contributed by atoms with Gasteiger partial charge in [-0.25, -0.2) is 4.90 Å². The number of hydrogen-bond acceptors (Lipinski definition) is 4. The normalized spacial score (nSPS) is 16.3. The van der Waals surface area contributed by atoms with E-state index in [1.54, 1.807) is 36.4 Å². The van der Waals surface area contributed by atoms with Crippen LogP contribution in [0.4, 0.5) is 5.69 Å². The van der Waals surface area contributed by atoms with Crippen molar-refractivity contribution in [3.63, 3.8) is 0 Å². The van der Waals surface area contributed by atoms with Gasteiger partial charge in [0.25, 0.3) is 11.8 Å². The largest absolute Gasteiger partial charge is 0.427 e. The topological polar surface area (TPSA) is 63.7 Å². The van der Waals surface area contributed by atoms with Crippen molar-refractivity contribution in [3.8, 4) is 5.75 Å². The Balaban J connectivity index is 1.39. The Morgan fingerprint density at radius 1 is 0.867 bits per heavy atom. The van der Waals surface area contributed by atoms with E-state index < -0.39 is 0 Å². The lowest BCUT2D eigenvalue weighted by Crippen LogP contribution is -2.40. The van der Waals surface area contributed by atoms with Crippen molar-refractivity contribution < 1.29 is 19.1 Å². The summed E-state index contributed by atoms with van der Waals surface area (Å²) < 4.78 is 5.45. The van der Waals surface area contributed by atoms with Crippen LogP contribution in [0.15, 0.2) is 60.7 Å². The minimum Gasteiger partial charge on any atom is -0.427 e. The molecule has 0 aromatic heterocycles. The number of nitrogens with zero attached hydrogens (tertiary/aromatic N) is 1. The maximum absolute atomic E-state index is 13.1. The van der Waals surface area contributed by atoms with E-state index in [2.05, 4.69) is 0 Å². The number of rotatable bonds is 4. The first-order valence-electron chi connectivity index (χ1n) is 10.3. The van der Waals surface area contributed by atoms with E-state index in [4.69, 9.17) is 4.74 Å². The Kier molecular flexibility index (Phi) is 4.58. The summed E-state index contributed by atoms with van der Waals surface area (Å²) in [7, 11) is 0. The van der Waals surface area contributed by atoms with Crippen LogP contribution >= 0.6 is 0 Å². The Morgan fingerprint density at radius 3 is 2.07 bits per heavy atom. The minimum atomic E-state index is -0.352. The summed E-state index contributed by atoms with van der Waals surface area (Å²) in [5, 5.41) is 1.57. The van der Waals surface area contributed by atoms with E-state index in [0.717, 1.165) is 18.2 Å². The highest BCUT2D eigenvalue weighted by Crippen LogP contribution is 2.33. The Bertz CT molecular complexity index is 1110. The highest BCUT2D eigenvalue weighted by atomic mass is 16.5. The van der Waals surface area contributed by atoms with E-state index >= 15 is 0 Å². The minimum absolute atomic E-state index is 0.236. The van der Waals surface area contributed by atoms with Crippen molar-refractivity contribution in [1.29, 1.82) is 0 Å². The lowest BCUT2D eigenvalue weighted by atomic mass is 9.94. The van der Waals surface area contributed by atoms with Crippen LogP contribution in [0.25, 0.3) is 10.8 Å². The third kappa shape index (κ3) is 3.16. The molecule has 0 radical (unpaired) electrons. The SMILES string of the molecule is O=C(CC1CCCC1)Oc1ccc(N2C(=O)c3cccc4cccc(c34)C2=O)cc1. The molecule has 0 saturated heterocycles. The van der Waals surface area contributed by atoms with Crippen LogP contribution in [0.1, 0.15) is 52.8 Å². The zero-order valence-electron chi connectivity index (χ0n) is 16.5. The van der Waals surface area contributed by atoms with Gasteiger partial charge >= 0.3 is 5.97 Å². The zero-order chi connectivity index (χ0) is 20.7. The number of anilines is 1. The predicted molar refractivity (Wildman–Crippen MR) is 114 cm³/mol. The first-order chi connectivity index (χ1) is 14.6. The molecule has 3 aromatic rings. The number of ether oxygens (including phenoxy) is 1. The molecule has 3 aromatic carbocycles. The molecule has 1 saturated carbocycles. The highest BCUT2D eigenvalue weighted by Gasteiger charge is 2.33. The van der Waals surface area contributed by atoms with Crippen LogP contribution in [0, 0.1) is 5.92 Å². The van der Waals surface area contributed by atoms with Crippen molar-refractivity contribution in [3.05, 3.63) is 71.8 Å². The molecule has 1 heterocycles. The lowest BCUT2D eigenvalue weighted by Gasteiger charge is -2.27. The maximum atomic E-state index is 13.1. The Labute approximate surface area is 174 Å². The molecular formula is C25H21NO4. The molecule has 5 rings (SSSR count). The third-order valence-electron chi connectivity index (χ3n) is 6.03. The summed E-state index contributed by atoms with van der Waals surface area (Å²) >= 11 is 0. The standard InChI is InChI=1S/C25H21NO4/c27-22(15-16-5-1-2-6-16)30-19-13-11-18(12-14-19)26-24(28)20-9-3-7-17-8-4-10-21(23(17)20)25(26)29/h3-4,7-14,16H,1-2,5-6,15H2. The Morgan fingerprint density at radius 2 is 1.47 bits per heavy atom. The van der Waals surface area contributed by atoms with Gasteiger partial charge in [0.2, 0.25) is 0 Å². The molecule has 150 valence electrons. The van der Waals surface area contributed by atoms with Gasteiger partial charge in [0, 0.05) is 22.9 Å². The van der Waals surface area contributed by atoms with Crippen LogP contribution in [0.2, 0.25) is 0 Å². The van der Waals surface area contributed by atoms with Crippen molar-refractivity contribution in [2.45, 2.75) is 32.1 Å². The number of imide groups is 1. The first kappa shape index (κ1) is 18.6. The predicted octanol–water partition coefficient (Wildman–Crippen LogP) is 5.13. The fourth-order valence-electron chi connectivity index (χ4n) is 4.55. The number of amides is 2. The molecular weight excluding hydrogens is 378 g/mol. The van der Waals surface area contributed by atoms with Crippen LogP contribution in [-0.2, 0) is 4.79 Å². The number of carbonyl (C=O) groups is 3. The summed E-state index contributed by atoms with van der Waals surface area (Å²) in [6.45, 7) is 0. The van der Waals surface area contributed by atoms with E-state index in [0.29, 0.717) is 40.3 Å². The molecule has 2 amide bonds. The summed E-state index contributed by atoms with van der Waals surface area (Å²) in [4.78, 5) is 39.5. The van der Waals surface area contributed by atoms with Gasteiger partial charge in [0.15, 0.2) is 0 Å². The number of esters is 1. The second-order valence-corrected chi connectivity index (χ2v) is 7.98. The van der Waals surface area contributed by atoms with E-state index in [-0.39, 0.29) is 17.8 Å². The van der Waals surface area contributed by atoms with Gasteiger partial charge in [-0.15, -0.1) is 0 Å². The maximum Gasteiger partial charge on any atom is 0.311 e. The second-order valence-electron chi connectivity index (χ2n) is 7.98. The molecule has 1 fully saturated rings. The summed E-state index contributed by atoms with van der Waals surface area (Å²) in [6, 6.07) is 17.5. The van der Waals surface area contributed by atoms with E-state index in [9.17, 15) is 14.4 Å². The lowest BCUT2D eigenvalue weighted by molar-refractivity contribution is -0.135.